The highest BCUT2D eigenvalue weighted by atomic mass is 31.2. The van der Waals surface area contributed by atoms with Crippen LogP contribution in [-0.4, -0.2) is 26.0 Å². The second kappa shape index (κ2) is 9.50. The van der Waals surface area contributed by atoms with Gasteiger partial charge >= 0.3 is 7.60 Å². The quantitative estimate of drug-likeness (QED) is 0.552. The van der Waals surface area contributed by atoms with Crippen molar-refractivity contribution >= 4 is 36.1 Å². The van der Waals surface area contributed by atoms with Crippen molar-refractivity contribution in [2.45, 2.75) is 0 Å². The zero-order chi connectivity index (χ0) is 21.6. The molecule has 0 radical (unpaired) electrons. The molecule has 0 saturated carbocycles. The summed E-state index contributed by atoms with van der Waals surface area (Å²) >= 11 is 0. The SMILES string of the molecule is COP(=O)(OC)c1ccc(C(=O)Nc2ccc(C(=O)Nc3ccccc3)cc2)cc1. The van der Waals surface area contributed by atoms with E-state index in [9.17, 15) is 14.2 Å². The summed E-state index contributed by atoms with van der Waals surface area (Å²) in [7, 11) is -0.760. The zero-order valence-electron chi connectivity index (χ0n) is 16.5. The molecule has 0 aliphatic rings. The van der Waals surface area contributed by atoms with Gasteiger partial charge in [-0.05, 0) is 60.7 Å². The van der Waals surface area contributed by atoms with Crippen LogP contribution < -0.4 is 15.9 Å². The molecule has 0 fully saturated rings. The predicted molar refractivity (Wildman–Crippen MR) is 116 cm³/mol. The Labute approximate surface area is 174 Å². The molecule has 8 heteroatoms. The number of benzene rings is 3. The Hall–Kier alpha value is -3.25. The Morgan fingerprint density at radius 3 is 1.57 bits per heavy atom. The van der Waals surface area contributed by atoms with Crippen molar-refractivity contribution in [2.75, 3.05) is 24.9 Å². The molecular formula is C22H21N2O5P. The molecule has 30 heavy (non-hydrogen) atoms. The number of rotatable bonds is 7. The Morgan fingerprint density at radius 1 is 0.667 bits per heavy atom. The third kappa shape index (κ3) is 5.02. The van der Waals surface area contributed by atoms with Crippen molar-refractivity contribution in [1.29, 1.82) is 0 Å². The van der Waals surface area contributed by atoms with Gasteiger partial charge in [0.1, 0.15) is 0 Å². The summed E-state index contributed by atoms with van der Waals surface area (Å²) in [5.74, 6) is -0.580. The Morgan fingerprint density at radius 2 is 1.10 bits per heavy atom. The molecule has 3 aromatic carbocycles. The number of carbonyl (C=O) groups is 2. The summed E-state index contributed by atoms with van der Waals surface area (Å²) < 4.78 is 22.2. The monoisotopic (exact) mass is 424 g/mol. The lowest BCUT2D eigenvalue weighted by atomic mass is 10.1. The highest BCUT2D eigenvalue weighted by molar-refractivity contribution is 7.62. The molecule has 3 aromatic rings. The Kier molecular flexibility index (Phi) is 6.79. The second-order valence-electron chi connectivity index (χ2n) is 6.26. The first-order valence-electron chi connectivity index (χ1n) is 9.05. The van der Waals surface area contributed by atoms with Gasteiger partial charge in [0.25, 0.3) is 11.8 Å². The van der Waals surface area contributed by atoms with E-state index in [0.717, 1.165) is 0 Å². The van der Waals surface area contributed by atoms with E-state index in [1.165, 1.54) is 38.5 Å². The van der Waals surface area contributed by atoms with Gasteiger partial charge in [0.05, 0.1) is 5.30 Å². The van der Waals surface area contributed by atoms with Gasteiger partial charge in [0, 0.05) is 36.7 Å². The van der Waals surface area contributed by atoms with E-state index < -0.39 is 7.60 Å². The third-order valence-corrected chi connectivity index (χ3v) is 6.26. The van der Waals surface area contributed by atoms with Gasteiger partial charge in [0.2, 0.25) is 0 Å². The smallest absolute Gasteiger partial charge is 0.322 e. The van der Waals surface area contributed by atoms with Crippen LogP contribution >= 0.6 is 7.60 Å². The summed E-state index contributed by atoms with van der Waals surface area (Å²) in [6.07, 6.45) is 0. The number of nitrogens with one attached hydrogen (secondary N) is 2. The number of para-hydroxylation sites is 1. The number of anilines is 2. The normalized spacial score (nSPS) is 11.0. The van der Waals surface area contributed by atoms with Crippen molar-refractivity contribution in [1.82, 2.24) is 0 Å². The van der Waals surface area contributed by atoms with E-state index >= 15 is 0 Å². The molecule has 0 aliphatic carbocycles. The number of amides is 2. The molecule has 0 unspecified atom stereocenters. The lowest BCUT2D eigenvalue weighted by Crippen LogP contribution is -2.15. The number of carbonyl (C=O) groups excluding carboxylic acids is 2. The largest absolute Gasteiger partial charge is 0.360 e. The highest BCUT2D eigenvalue weighted by Crippen LogP contribution is 2.44. The van der Waals surface area contributed by atoms with Crippen LogP contribution in [0.2, 0.25) is 0 Å². The van der Waals surface area contributed by atoms with E-state index in [-0.39, 0.29) is 11.8 Å². The lowest BCUT2D eigenvalue weighted by Gasteiger charge is -2.14. The summed E-state index contributed by atoms with van der Waals surface area (Å²) in [6, 6.07) is 21.8. The molecule has 0 bridgehead atoms. The van der Waals surface area contributed by atoms with Crippen LogP contribution in [0.4, 0.5) is 11.4 Å². The van der Waals surface area contributed by atoms with E-state index in [1.54, 1.807) is 36.4 Å². The van der Waals surface area contributed by atoms with Gasteiger partial charge in [0.15, 0.2) is 0 Å². The van der Waals surface area contributed by atoms with E-state index in [4.69, 9.17) is 9.05 Å². The molecule has 2 N–H and O–H groups in total. The lowest BCUT2D eigenvalue weighted by molar-refractivity contribution is 0.102. The average molecular weight is 424 g/mol. The van der Waals surface area contributed by atoms with Crippen molar-refractivity contribution in [3.05, 3.63) is 90.0 Å². The minimum Gasteiger partial charge on any atom is -0.322 e. The molecule has 2 amide bonds. The minimum atomic E-state index is -3.36. The standard InChI is InChI=1S/C22H21N2O5P/c1-28-30(27,29-2)20-14-10-17(11-15-20)22(26)24-19-12-8-16(9-13-19)21(25)23-18-6-4-3-5-7-18/h3-15H,1-2H3,(H,23,25)(H,24,26). The molecule has 0 spiro atoms. The van der Waals surface area contributed by atoms with Crippen LogP contribution in [0.5, 0.6) is 0 Å². The van der Waals surface area contributed by atoms with Crippen molar-refractivity contribution < 1.29 is 23.2 Å². The predicted octanol–water partition coefficient (Wildman–Crippen LogP) is 4.30. The highest BCUT2D eigenvalue weighted by Gasteiger charge is 2.24. The third-order valence-electron chi connectivity index (χ3n) is 4.36. The first-order valence-corrected chi connectivity index (χ1v) is 10.6. The zero-order valence-corrected chi connectivity index (χ0v) is 17.4. The summed E-state index contributed by atoms with van der Waals surface area (Å²) in [5.41, 5.74) is 2.09. The van der Waals surface area contributed by atoms with E-state index in [2.05, 4.69) is 10.6 Å². The van der Waals surface area contributed by atoms with Gasteiger partial charge in [-0.25, -0.2) is 0 Å². The van der Waals surface area contributed by atoms with E-state index in [1.807, 2.05) is 18.2 Å². The topological polar surface area (TPSA) is 93.7 Å². The Balaban J connectivity index is 1.64. The number of hydrogen-bond acceptors (Lipinski definition) is 5. The first-order chi connectivity index (χ1) is 14.4. The second-order valence-corrected chi connectivity index (χ2v) is 8.50. The van der Waals surface area contributed by atoms with Crippen molar-refractivity contribution in [2.24, 2.45) is 0 Å². The molecule has 0 aromatic heterocycles. The van der Waals surface area contributed by atoms with Crippen LogP contribution in [0, 0.1) is 0 Å². The molecular weight excluding hydrogens is 403 g/mol. The first kappa shape index (κ1) is 21.5. The molecule has 0 atom stereocenters. The summed E-state index contributed by atoms with van der Waals surface area (Å²) in [5, 5.41) is 5.92. The van der Waals surface area contributed by atoms with Crippen molar-refractivity contribution in [3.8, 4) is 0 Å². The average Bonchev–Trinajstić information content (AvgIpc) is 2.79. The van der Waals surface area contributed by atoms with Gasteiger partial charge in [-0.15, -0.1) is 0 Å². The minimum absolute atomic E-state index is 0.240. The number of hydrogen-bond donors (Lipinski definition) is 2. The van der Waals surface area contributed by atoms with Crippen LogP contribution in [-0.2, 0) is 13.6 Å². The van der Waals surface area contributed by atoms with Crippen LogP contribution in [0.25, 0.3) is 0 Å². The van der Waals surface area contributed by atoms with Crippen LogP contribution in [0.3, 0.4) is 0 Å². The summed E-state index contributed by atoms with van der Waals surface area (Å²) in [4.78, 5) is 24.7. The maximum Gasteiger partial charge on any atom is 0.360 e. The van der Waals surface area contributed by atoms with Gasteiger partial charge in [-0.3, -0.25) is 14.2 Å². The molecule has 0 aliphatic heterocycles. The van der Waals surface area contributed by atoms with Gasteiger partial charge in [-0.2, -0.15) is 0 Å². The van der Waals surface area contributed by atoms with Gasteiger partial charge in [-0.1, -0.05) is 18.2 Å². The Bertz CT molecular complexity index is 1060. The fourth-order valence-corrected chi connectivity index (χ4v) is 3.80. The summed E-state index contributed by atoms with van der Waals surface area (Å²) in [6.45, 7) is 0. The van der Waals surface area contributed by atoms with Crippen LogP contribution in [0.1, 0.15) is 20.7 Å². The molecule has 7 nitrogen and oxygen atoms in total. The van der Waals surface area contributed by atoms with Crippen molar-refractivity contribution in [3.63, 3.8) is 0 Å². The van der Waals surface area contributed by atoms with E-state index in [0.29, 0.717) is 27.8 Å². The maximum absolute atomic E-state index is 12.5. The molecule has 3 rings (SSSR count). The molecule has 0 heterocycles. The molecule has 0 saturated heterocycles. The van der Waals surface area contributed by atoms with Crippen LogP contribution in [0.15, 0.2) is 78.9 Å². The maximum atomic E-state index is 12.5. The molecule has 154 valence electrons. The fourth-order valence-electron chi connectivity index (χ4n) is 2.71. The fraction of sp³-hybridized carbons (Fsp3) is 0.0909. The van der Waals surface area contributed by atoms with Gasteiger partial charge < -0.3 is 19.7 Å².